The first-order chi connectivity index (χ1) is 8.58. The SMILES string of the molecule is CC(C)OC[Si](C)(c1ccc(Br)cc1Cl)C(C)(C)C. The Kier molecular flexibility index (Phi) is 5.70. The van der Waals surface area contributed by atoms with Crippen molar-refractivity contribution in [3.05, 3.63) is 27.7 Å². The fraction of sp³-hybridized carbons (Fsp3) is 0.600. The van der Waals surface area contributed by atoms with Crippen LogP contribution in [0.2, 0.25) is 16.6 Å². The van der Waals surface area contributed by atoms with Gasteiger partial charge in [0.15, 0.2) is 0 Å². The van der Waals surface area contributed by atoms with Gasteiger partial charge in [-0.1, -0.05) is 60.9 Å². The van der Waals surface area contributed by atoms with Crippen molar-refractivity contribution >= 4 is 40.8 Å². The molecular weight excluding hydrogens is 340 g/mol. The van der Waals surface area contributed by atoms with Crippen molar-refractivity contribution in [1.29, 1.82) is 0 Å². The van der Waals surface area contributed by atoms with Gasteiger partial charge >= 0.3 is 0 Å². The molecule has 0 saturated carbocycles. The second-order valence-electron chi connectivity index (χ2n) is 6.57. The Bertz CT molecular complexity index is 442. The Balaban J connectivity index is 3.23. The monoisotopic (exact) mass is 362 g/mol. The second kappa shape index (κ2) is 6.29. The molecule has 1 aromatic carbocycles. The number of rotatable bonds is 4. The molecule has 0 spiro atoms. The highest BCUT2D eigenvalue weighted by molar-refractivity contribution is 9.10. The molecule has 0 saturated heterocycles. The van der Waals surface area contributed by atoms with Gasteiger partial charge in [0.05, 0.1) is 6.10 Å². The van der Waals surface area contributed by atoms with Gasteiger partial charge in [-0.2, -0.15) is 0 Å². The summed E-state index contributed by atoms with van der Waals surface area (Å²) in [7, 11) is -1.83. The van der Waals surface area contributed by atoms with Gasteiger partial charge in [-0.3, -0.25) is 0 Å². The Morgan fingerprint density at radius 3 is 2.32 bits per heavy atom. The Hall–Kier alpha value is 0.167. The van der Waals surface area contributed by atoms with Gasteiger partial charge < -0.3 is 4.74 Å². The zero-order valence-corrected chi connectivity index (χ0v) is 16.0. The number of hydrogen-bond donors (Lipinski definition) is 0. The van der Waals surface area contributed by atoms with Crippen LogP contribution in [0.4, 0.5) is 0 Å². The van der Waals surface area contributed by atoms with E-state index in [0.29, 0.717) is 0 Å². The van der Waals surface area contributed by atoms with Crippen LogP contribution in [0.5, 0.6) is 0 Å². The van der Waals surface area contributed by atoms with Crippen LogP contribution < -0.4 is 5.19 Å². The third-order valence-electron chi connectivity index (χ3n) is 3.89. The van der Waals surface area contributed by atoms with Gasteiger partial charge in [0.25, 0.3) is 0 Å². The molecule has 0 bridgehead atoms. The maximum absolute atomic E-state index is 6.48. The normalized spacial score (nSPS) is 15.6. The van der Waals surface area contributed by atoms with Gasteiger partial charge in [0, 0.05) is 15.7 Å². The smallest absolute Gasteiger partial charge is 0.119 e. The van der Waals surface area contributed by atoms with E-state index in [0.717, 1.165) is 15.7 Å². The zero-order chi connectivity index (χ0) is 14.8. The summed E-state index contributed by atoms with van der Waals surface area (Å²) in [6.07, 6.45) is 1.05. The van der Waals surface area contributed by atoms with E-state index in [1.807, 2.05) is 6.07 Å². The van der Waals surface area contributed by atoms with Crippen LogP contribution in [-0.2, 0) is 4.74 Å². The molecule has 0 radical (unpaired) electrons. The molecule has 0 heterocycles. The first-order valence-electron chi connectivity index (χ1n) is 6.65. The maximum atomic E-state index is 6.48. The third kappa shape index (κ3) is 4.07. The van der Waals surface area contributed by atoms with Crippen molar-refractivity contribution in [2.75, 3.05) is 6.23 Å². The lowest BCUT2D eigenvalue weighted by atomic mass is 10.2. The van der Waals surface area contributed by atoms with E-state index >= 15 is 0 Å². The first kappa shape index (κ1) is 17.2. The molecule has 1 aromatic rings. The van der Waals surface area contributed by atoms with E-state index in [2.05, 4.69) is 69.2 Å². The summed E-state index contributed by atoms with van der Waals surface area (Å²) >= 11 is 9.96. The van der Waals surface area contributed by atoms with Crippen molar-refractivity contribution in [3.63, 3.8) is 0 Å². The summed E-state index contributed by atoms with van der Waals surface area (Å²) in [6.45, 7) is 13.4. The van der Waals surface area contributed by atoms with Crippen LogP contribution in [0.1, 0.15) is 34.6 Å². The number of ether oxygens (including phenoxy) is 1. The summed E-state index contributed by atoms with van der Waals surface area (Å²) in [5, 5.41) is 2.33. The standard InChI is InChI=1S/C15H24BrClOSi/c1-11(2)18-10-19(6,15(3,4)5)14-8-7-12(16)9-13(14)17/h7-9,11H,10H2,1-6H3. The highest BCUT2D eigenvalue weighted by Crippen LogP contribution is 2.37. The summed E-state index contributed by atoms with van der Waals surface area (Å²) < 4.78 is 6.99. The van der Waals surface area contributed by atoms with Crippen LogP contribution in [0.15, 0.2) is 22.7 Å². The van der Waals surface area contributed by atoms with Crippen LogP contribution in [-0.4, -0.2) is 20.4 Å². The average molecular weight is 364 g/mol. The lowest BCUT2D eigenvalue weighted by Gasteiger charge is -2.41. The van der Waals surface area contributed by atoms with Crippen molar-refractivity contribution in [3.8, 4) is 0 Å². The molecule has 0 aromatic heterocycles. The minimum atomic E-state index is -1.83. The van der Waals surface area contributed by atoms with E-state index in [9.17, 15) is 0 Å². The molecule has 108 valence electrons. The largest absolute Gasteiger partial charge is 0.382 e. The minimum Gasteiger partial charge on any atom is -0.382 e. The molecule has 0 N–H and O–H groups in total. The molecule has 19 heavy (non-hydrogen) atoms. The molecule has 4 heteroatoms. The summed E-state index contributed by atoms with van der Waals surface area (Å²) in [5.41, 5.74) is 0. The molecule has 0 aliphatic heterocycles. The van der Waals surface area contributed by atoms with Crippen LogP contribution in [0, 0.1) is 0 Å². The molecule has 1 atom stereocenters. The quantitative estimate of drug-likeness (QED) is 0.672. The highest BCUT2D eigenvalue weighted by atomic mass is 79.9. The Morgan fingerprint density at radius 2 is 1.89 bits per heavy atom. The minimum absolute atomic E-state index is 0.194. The molecule has 0 aliphatic rings. The third-order valence-corrected chi connectivity index (χ3v) is 10.5. The van der Waals surface area contributed by atoms with E-state index in [4.69, 9.17) is 16.3 Å². The highest BCUT2D eigenvalue weighted by Gasteiger charge is 2.43. The lowest BCUT2D eigenvalue weighted by Crippen LogP contribution is -2.57. The zero-order valence-electron chi connectivity index (χ0n) is 12.7. The summed E-state index contributed by atoms with van der Waals surface area (Å²) in [5.74, 6) is 0. The molecular formula is C15H24BrClOSi. The average Bonchev–Trinajstić information content (AvgIpc) is 2.24. The molecule has 0 amide bonds. The van der Waals surface area contributed by atoms with Gasteiger partial charge in [-0.15, -0.1) is 0 Å². The van der Waals surface area contributed by atoms with E-state index in [1.165, 1.54) is 5.19 Å². The number of hydrogen-bond acceptors (Lipinski definition) is 1. The number of benzene rings is 1. The van der Waals surface area contributed by atoms with Gasteiger partial charge in [-0.25, -0.2) is 0 Å². The molecule has 1 unspecified atom stereocenters. The van der Waals surface area contributed by atoms with Crippen molar-refractivity contribution in [2.24, 2.45) is 0 Å². The van der Waals surface area contributed by atoms with Crippen LogP contribution >= 0.6 is 27.5 Å². The Morgan fingerprint density at radius 1 is 1.32 bits per heavy atom. The maximum Gasteiger partial charge on any atom is 0.119 e. The van der Waals surface area contributed by atoms with E-state index < -0.39 is 8.07 Å². The van der Waals surface area contributed by atoms with Crippen molar-refractivity contribution in [1.82, 2.24) is 0 Å². The summed E-state index contributed by atoms with van der Waals surface area (Å²) in [6, 6.07) is 6.23. The lowest BCUT2D eigenvalue weighted by molar-refractivity contribution is 0.110. The Labute approximate surface area is 131 Å². The second-order valence-corrected chi connectivity index (χ2v) is 12.9. The van der Waals surface area contributed by atoms with Gasteiger partial charge in [-0.05, 0) is 36.2 Å². The topological polar surface area (TPSA) is 9.23 Å². The van der Waals surface area contributed by atoms with Crippen molar-refractivity contribution < 1.29 is 4.74 Å². The van der Waals surface area contributed by atoms with Gasteiger partial charge in [0.1, 0.15) is 8.07 Å². The van der Waals surface area contributed by atoms with E-state index in [-0.39, 0.29) is 11.1 Å². The first-order valence-corrected chi connectivity index (χ1v) is 10.5. The van der Waals surface area contributed by atoms with Crippen LogP contribution in [0.3, 0.4) is 0 Å². The molecule has 1 nitrogen and oxygen atoms in total. The summed E-state index contributed by atoms with van der Waals surface area (Å²) in [4.78, 5) is 0. The van der Waals surface area contributed by atoms with E-state index in [1.54, 1.807) is 0 Å². The fourth-order valence-electron chi connectivity index (χ4n) is 1.97. The predicted molar refractivity (Wildman–Crippen MR) is 91.2 cm³/mol. The molecule has 0 aliphatic carbocycles. The van der Waals surface area contributed by atoms with Gasteiger partial charge in [0.2, 0.25) is 0 Å². The van der Waals surface area contributed by atoms with Crippen LogP contribution in [0.25, 0.3) is 0 Å². The molecule has 0 fully saturated rings. The fourth-order valence-corrected chi connectivity index (χ4v) is 6.38. The van der Waals surface area contributed by atoms with Crippen molar-refractivity contribution in [2.45, 2.75) is 52.3 Å². The predicted octanol–water partition coefficient (Wildman–Crippen LogP) is 5.15. The number of halogens is 2. The molecule has 1 rings (SSSR count).